The summed E-state index contributed by atoms with van der Waals surface area (Å²) in [5.41, 5.74) is 7.12. The normalized spacial score (nSPS) is 22.4. The lowest BCUT2D eigenvalue weighted by Crippen LogP contribution is -2.32. The van der Waals surface area contributed by atoms with Crippen molar-refractivity contribution in [2.75, 3.05) is 13.1 Å². The first-order valence-electron chi connectivity index (χ1n) is 7.15. The summed E-state index contributed by atoms with van der Waals surface area (Å²) >= 11 is 5.95. The van der Waals surface area contributed by atoms with Crippen LogP contribution in [0, 0.1) is 5.82 Å². The highest BCUT2D eigenvalue weighted by Gasteiger charge is 2.39. The Morgan fingerprint density at radius 1 is 1.13 bits per heavy atom. The molecule has 23 heavy (non-hydrogen) atoms. The average Bonchev–Trinajstić information content (AvgIpc) is 2.93. The molecule has 0 bridgehead atoms. The molecule has 2 aromatic carbocycles. The lowest BCUT2D eigenvalue weighted by atomic mass is 9.95. The Morgan fingerprint density at radius 3 is 2.52 bits per heavy atom. The van der Waals surface area contributed by atoms with Gasteiger partial charge in [-0.15, -0.1) is 0 Å². The number of nitrogens with two attached hydrogens (primary N) is 1. The molecular formula is C16H16ClFN2O2S. The third-order valence-electron chi connectivity index (χ3n) is 4.07. The van der Waals surface area contributed by atoms with Gasteiger partial charge in [-0.1, -0.05) is 41.9 Å². The second-order valence-electron chi connectivity index (χ2n) is 5.58. The Hall–Kier alpha value is -1.47. The van der Waals surface area contributed by atoms with Gasteiger partial charge in [-0.25, -0.2) is 12.8 Å². The van der Waals surface area contributed by atoms with E-state index in [4.69, 9.17) is 17.3 Å². The zero-order valence-electron chi connectivity index (χ0n) is 12.2. The summed E-state index contributed by atoms with van der Waals surface area (Å²) in [5.74, 6) is -0.741. The zero-order chi connectivity index (χ0) is 16.6. The van der Waals surface area contributed by atoms with Crippen molar-refractivity contribution in [3.05, 3.63) is 64.9 Å². The maximum Gasteiger partial charge on any atom is 0.244 e. The Balaban J connectivity index is 1.92. The van der Waals surface area contributed by atoms with Crippen molar-refractivity contribution >= 4 is 21.6 Å². The average molecular weight is 355 g/mol. The van der Waals surface area contributed by atoms with E-state index in [9.17, 15) is 12.8 Å². The number of nitrogens with zero attached hydrogens (tertiary/aromatic N) is 1. The first-order chi connectivity index (χ1) is 10.9. The molecule has 1 aliphatic rings. The Labute approximate surface area is 139 Å². The molecule has 0 spiro atoms. The Kier molecular flexibility index (Phi) is 4.42. The van der Waals surface area contributed by atoms with Crippen molar-refractivity contribution in [1.82, 2.24) is 4.31 Å². The molecule has 2 atom stereocenters. The molecule has 1 aliphatic heterocycles. The number of rotatable bonds is 3. The fraction of sp³-hybridized carbons (Fsp3) is 0.250. The minimum atomic E-state index is -3.88. The standard InChI is InChI=1S/C16H16ClFN2O2S/c17-14-7-6-12(18)8-16(14)23(21,22)20-9-13(15(19)10-20)11-4-2-1-3-5-11/h1-8,13,15H,9-10,19H2/t13-,15+/m0/s1. The lowest BCUT2D eigenvalue weighted by Gasteiger charge is -2.17. The van der Waals surface area contributed by atoms with E-state index in [0.717, 1.165) is 17.7 Å². The summed E-state index contributed by atoms with van der Waals surface area (Å²) < 4.78 is 40.2. The van der Waals surface area contributed by atoms with Gasteiger partial charge in [0, 0.05) is 25.0 Å². The molecule has 0 aliphatic carbocycles. The third-order valence-corrected chi connectivity index (χ3v) is 6.38. The monoisotopic (exact) mass is 354 g/mol. The van der Waals surface area contributed by atoms with Gasteiger partial charge in [0.1, 0.15) is 10.7 Å². The Bertz CT molecular complexity index is 814. The van der Waals surface area contributed by atoms with E-state index in [0.29, 0.717) is 0 Å². The SMILES string of the molecule is N[C@@H]1CN(S(=O)(=O)c2cc(F)ccc2Cl)C[C@H]1c1ccccc1. The smallest absolute Gasteiger partial charge is 0.244 e. The van der Waals surface area contributed by atoms with Crippen LogP contribution in [0.1, 0.15) is 11.5 Å². The molecule has 7 heteroatoms. The minimum Gasteiger partial charge on any atom is -0.326 e. The van der Waals surface area contributed by atoms with Crippen LogP contribution in [0.2, 0.25) is 5.02 Å². The highest BCUT2D eigenvalue weighted by atomic mass is 35.5. The summed E-state index contributed by atoms with van der Waals surface area (Å²) in [6, 6.07) is 12.5. The van der Waals surface area contributed by atoms with Gasteiger partial charge in [0.25, 0.3) is 0 Å². The number of sulfonamides is 1. The molecular weight excluding hydrogens is 339 g/mol. The minimum absolute atomic E-state index is 0.00290. The van der Waals surface area contributed by atoms with Crippen LogP contribution >= 0.6 is 11.6 Å². The number of hydrogen-bond donors (Lipinski definition) is 1. The van der Waals surface area contributed by atoms with Gasteiger partial charge in [-0.2, -0.15) is 4.31 Å². The summed E-state index contributed by atoms with van der Waals surface area (Å²) in [6.07, 6.45) is 0. The molecule has 3 rings (SSSR count). The molecule has 0 amide bonds. The van der Waals surface area contributed by atoms with E-state index in [-0.39, 0.29) is 35.0 Å². The van der Waals surface area contributed by atoms with Crippen LogP contribution in [0.25, 0.3) is 0 Å². The summed E-state index contributed by atoms with van der Waals surface area (Å²) in [4.78, 5) is -0.222. The molecule has 0 saturated carbocycles. The van der Waals surface area contributed by atoms with E-state index in [2.05, 4.69) is 0 Å². The van der Waals surface area contributed by atoms with Crippen molar-refractivity contribution in [2.45, 2.75) is 16.9 Å². The molecule has 0 unspecified atom stereocenters. The van der Waals surface area contributed by atoms with E-state index < -0.39 is 15.8 Å². The maximum atomic E-state index is 13.4. The van der Waals surface area contributed by atoms with Crippen LogP contribution in [0.15, 0.2) is 53.4 Å². The van der Waals surface area contributed by atoms with Gasteiger partial charge in [-0.05, 0) is 23.8 Å². The third kappa shape index (κ3) is 3.12. The topological polar surface area (TPSA) is 63.4 Å². The predicted molar refractivity (Wildman–Crippen MR) is 87.3 cm³/mol. The number of halogens is 2. The fourth-order valence-corrected chi connectivity index (χ4v) is 4.84. The quantitative estimate of drug-likeness (QED) is 0.921. The molecule has 2 N–H and O–H groups in total. The second kappa shape index (κ2) is 6.20. The Morgan fingerprint density at radius 2 is 1.83 bits per heavy atom. The van der Waals surface area contributed by atoms with Crippen molar-refractivity contribution in [3.63, 3.8) is 0 Å². The van der Waals surface area contributed by atoms with Crippen molar-refractivity contribution in [1.29, 1.82) is 0 Å². The van der Waals surface area contributed by atoms with Gasteiger partial charge in [0.05, 0.1) is 5.02 Å². The molecule has 1 saturated heterocycles. The molecule has 2 aromatic rings. The largest absolute Gasteiger partial charge is 0.326 e. The van der Waals surface area contributed by atoms with Gasteiger partial charge in [-0.3, -0.25) is 0 Å². The molecule has 122 valence electrons. The molecule has 4 nitrogen and oxygen atoms in total. The van der Waals surface area contributed by atoms with Crippen LogP contribution < -0.4 is 5.73 Å². The van der Waals surface area contributed by atoms with Crippen molar-refractivity contribution in [3.8, 4) is 0 Å². The summed E-state index contributed by atoms with van der Waals surface area (Å²) in [5, 5.41) is 0.00290. The number of benzene rings is 2. The van der Waals surface area contributed by atoms with Gasteiger partial charge < -0.3 is 5.73 Å². The van der Waals surface area contributed by atoms with Crippen molar-refractivity contribution in [2.24, 2.45) is 5.73 Å². The lowest BCUT2D eigenvalue weighted by molar-refractivity contribution is 0.469. The van der Waals surface area contributed by atoms with E-state index >= 15 is 0 Å². The first kappa shape index (κ1) is 16.4. The molecule has 0 radical (unpaired) electrons. The first-order valence-corrected chi connectivity index (χ1v) is 8.97. The van der Waals surface area contributed by atoms with E-state index in [1.807, 2.05) is 30.3 Å². The zero-order valence-corrected chi connectivity index (χ0v) is 13.8. The van der Waals surface area contributed by atoms with Crippen LogP contribution in [0.5, 0.6) is 0 Å². The summed E-state index contributed by atoms with van der Waals surface area (Å²) in [6.45, 7) is 0.426. The summed E-state index contributed by atoms with van der Waals surface area (Å²) in [7, 11) is -3.88. The fourth-order valence-electron chi connectivity index (χ4n) is 2.85. The van der Waals surface area contributed by atoms with Crippen molar-refractivity contribution < 1.29 is 12.8 Å². The van der Waals surface area contributed by atoms with Crippen LogP contribution in [-0.4, -0.2) is 31.9 Å². The maximum absolute atomic E-state index is 13.4. The van der Waals surface area contributed by atoms with Crippen LogP contribution in [0.3, 0.4) is 0 Å². The highest BCUT2D eigenvalue weighted by molar-refractivity contribution is 7.89. The van der Waals surface area contributed by atoms with Gasteiger partial charge in [0.2, 0.25) is 10.0 Å². The van der Waals surface area contributed by atoms with Gasteiger partial charge >= 0.3 is 0 Å². The highest BCUT2D eigenvalue weighted by Crippen LogP contribution is 2.32. The van der Waals surface area contributed by atoms with Gasteiger partial charge in [0.15, 0.2) is 0 Å². The van der Waals surface area contributed by atoms with Crippen LogP contribution in [-0.2, 0) is 10.0 Å². The van der Waals surface area contributed by atoms with E-state index in [1.165, 1.54) is 10.4 Å². The molecule has 1 fully saturated rings. The molecule has 0 aromatic heterocycles. The number of hydrogen-bond acceptors (Lipinski definition) is 3. The molecule has 1 heterocycles. The van der Waals surface area contributed by atoms with Crippen LogP contribution in [0.4, 0.5) is 4.39 Å². The predicted octanol–water partition coefficient (Wildman–Crippen LogP) is 2.59. The second-order valence-corrected chi connectivity index (χ2v) is 7.89. The van der Waals surface area contributed by atoms with E-state index in [1.54, 1.807) is 0 Å².